The Bertz CT molecular complexity index is 688. The molecule has 130 valence electrons. The molecule has 0 aromatic rings. The van der Waals surface area contributed by atoms with Gasteiger partial charge in [0.25, 0.3) is 6.08 Å². The van der Waals surface area contributed by atoms with E-state index >= 15 is 0 Å². The second-order valence-corrected chi connectivity index (χ2v) is 8.53. The average Bonchev–Trinajstić information content (AvgIpc) is 2.83. The summed E-state index contributed by atoms with van der Waals surface area (Å²) in [6.07, 6.45) is 6.72. The molecule has 0 amide bonds. The van der Waals surface area contributed by atoms with Crippen molar-refractivity contribution in [1.82, 2.24) is 0 Å². The number of rotatable bonds is 0. The summed E-state index contributed by atoms with van der Waals surface area (Å²) in [6.45, 7) is 4.14. The minimum Gasteiger partial charge on any atom is -0.393 e. The van der Waals surface area contributed by atoms with Crippen molar-refractivity contribution in [2.45, 2.75) is 52.1 Å². The number of hydrogen-bond donors (Lipinski definition) is 1. The maximum absolute atomic E-state index is 13.7. The van der Waals surface area contributed by atoms with Gasteiger partial charge in [0.2, 0.25) is 0 Å². The number of allylic oxidation sites excluding steroid dienone is 5. The van der Waals surface area contributed by atoms with Crippen molar-refractivity contribution < 1.29 is 18.7 Å². The molecule has 0 bridgehead atoms. The Morgan fingerprint density at radius 2 is 1.96 bits per heavy atom. The second-order valence-electron chi connectivity index (χ2n) is 8.53. The number of hydrogen-bond acceptors (Lipinski definition) is 2. The molecular formula is C20H24F2O2. The van der Waals surface area contributed by atoms with Crippen LogP contribution < -0.4 is 0 Å². The molecule has 24 heavy (non-hydrogen) atoms. The normalized spacial score (nSPS) is 47.0. The fourth-order valence-electron chi connectivity index (χ4n) is 6.24. The molecule has 0 heterocycles. The lowest BCUT2D eigenvalue weighted by molar-refractivity contribution is -0.111. The molecule has 1 N–H and O–H groups in total. The van der Waals surface area contributed by atoms with Gasteiger partial charge in [0.1, 0.15) is 0 Å². The highest BCUT2D eigenvalue weighted by Gasteiger charge is 2.59. The Kier molecular flexibility index (Phi) is 3.44. The zero-order valence-corrected chi connectivity index (χ0v) is 14.2. The first-order chi connectivity index (χ1) is 11.3. The number of aliphatic hydroxyl groups excluding tert-OH is 1. The molecular weight excluding hydrogens is 310 g/mol. The summed E-state index contributed by atoms with van der Waals surface area (Å²) < 4.78 is 27.4. The van der Waals surface area contributed by atoms with E-state index in [1.807, 2.05) is 13.0 Å². The highest BCUT2D eigenvalue weighted by atomic mass is 19.3. The van der Waals surface area contributed by atoms with Gasteiger partial charge < -0.3 is 5.11 Å². The first-order valence-corrected chi connectivity index (χ1v) is 8.95. The van der Waals surface area contributed by atoms with E-state index in [0.717, 1.165) is 25.7 Å². The lowest BCUT2D eigenvalue weighted by Crippen LogP contribution is -2.51. The molecule has 0 aromatic heterocycles. The minimum atomic E-state index is -1.65. The van der Waals surface area contributed by atoms with E-state index in [0.29, 0.717) is 12.0 Å². The minimum absolute atomic E-state index is 0.0714. The molecule has 0 aliphatic heterocycles. The van der Waals surface area contributed by atoms with Crippen LogP contribution in [0, 0.1) is 28.6 Å². The Morgan fingerprint density at radius 1 is 1.21 bits per heavy atom. The molecule has 3 saturated carbocycles. The van der Waals surface area contributed by atoms with Crippen LogP contribution in [0.3, 0.4) is 0 Å². The SMILES string of the molecule is C[C@]12CC[C@H]3[C@@H](CC(=C(F)F)C4=CC(=O)C=C[C@@]43C)[C@@H]1CC[C@@H]2O. The van der Waals surface area contributed by atoms with Crippen molar-refractivity contribution in [3.8, 4) is 0 Å². The van der Waals surface area contributed by atoms with Crippen LogP contribution in [-0.4, -0.2) is 17.0 Å². The quantitative estimate of drug-likeness (QED) is 0.712. The van der Waals surface area contributed by atoms with Crippen molar-refractivity contribution in [3.63, 3.8) is 0 Å². The van der Waals surface area contributed by atoms with Crippen molar-refractivity contribution in [2.75, 3.05) is 0 Å². The highest BCUT2D eigenvalue weighted by Crippen LogP contribution is 2.65. The van der Waals surface area contributed by atoms with Gasteiger partial charge in [-0.05, 0) is 73.0 Å². The zero-order valence-electron chi connectivity index (χ0n) is 14.2. The fraction of sp³-hybridized carbons (Fsp3) is 0.650. The highest BCUT2D eigenvalue weighted by molar-refractivity contribution is 6.02. The van der Waals surface area contributed by atoms with Crippen molar-refractivity contribution in [3.05, 3.63) is 35.5 Å². The summed E-state index contributed by atoms with van der Waals surface area (Å²) in [4.78, 5) is 11.8. The van der Waals surface area contributed by atoms with Crippen LogP contribution in [0.25, 0.3) is 0 Å². The van der Waals surface area contributed by atoms with Gasteiger partial charge in [-0.2, -0.15) is 8.78 Å². The average molecular weight is 334 g/mol. The number of fused-ring (bicyclic) bond motifs is 5. The molecule has 0 radical (unpaired) electrons. The summed E-state index contributed by atoms with van der Waals surface area (Å²) in [5.41, 5.74) is -0.0459. The number of ketones is 1. The first-order valence-electron chi connectivity index (χ1n) is 8.95. The van der Waals surface area contributed by atoms with E-state index in [1.54, 1.807) is 0 Å². The van der Waals surface area contributed by atoms with E-state index in [4.69, 9.17) is 0 Å². The van der Waals surface area contributed by atoms with E-state index < -0.39 is 11.5 Å². The third-order valence-electron chi connectivity index (χ3n) is 7.61. The Hall–Kier alpha value is -1.29. The maximum atomic E-state index is 13.7. The van der Waals surface area contributed by atoms with Crippen molar-refractivity contribution in [1.29, 1.82) is 0 Å². The summed E-state index contributed by atoms with van der Waals surface area (Å²) in [5.74, 6) is 0.499. The van der Waals surface area contributed by atoms with Gasteiger partial charge in [0.05, 0.1) is 6.10 Å². The van der Waals surface area contributed by atoms with Crippen LogP contribution in [0.2, 0.25) is 0 Å². The summed E-state index contributed by atoms with van der Waals surface area (Å²) in [5, 5.41) is 10.5. The molecule has 4 aliphatic rings. The largest absolute Gasteiger partial charge is 0.393 e. The molecule has 4 heteroatoms. The molecule has 0 spiro atoms. The maximum Gasteiger partial charge on any atom is 0.273 e. The van der Waals surface area contributed by atoms with Gasteiger partial charge in [-0.25, -0.2) is 0 Å². The lowest BCUT2D eigenvalue weighted by Gasteiger charge is -2.56. The number of aliphatic hydroxyl groups is 1. The van der Waals surface area contributed by atoms with Crippen LogP contribution in [0.4, 0.5) is 8.78 Å². The monoisotopic (exact) mass is 334 g/mol. The van der Waals surface area contributed by atoms with Gasteiger partial charge in [0, 0.05) is 11.0 Å². The van der Waals surface area contributed by atoms with Gasteiger partial charge in [0.15, 0.2) is 5.78 Å². The van der Waals surface area contributed by atoms with E-state index in [2.05, 4.69) is 6.92 Å². The van der Waals surface area contributed by atoms with Gasteiger partial charge >= 0.3 is 0 Å². The van der Waals surface area contributed by atoms with E-state index in [1.165, 1.54) is 12.2 Å². The number of carbonyl (C=O) groups is 1. The molecule has 2 nitrogen and oxygen atoms in total. The molecule has 4 aliphatic carbocycles. The standard InChI is InChI=1S/C20H24F2O2/c1-19-7-5-11(23)9-16(19)13(18(21)22)10-12-14-3-4-17(24)20(14,2)8-6-15(12)19/h5,7,9,12,14-15,17,24H,3-4,6,8,10H2,1-2H3/t12-,14-,15-,17-,19+,20-/m0/s1. The third kappa shape index (κ3) is 1.98. The van der Waals surface area contributed by atoms with Crippen LogP contribution in [-0.2, 0) is 4.79 Å². The van der Waals surface area contributed by atoms with E-state index in [-0.39, 0.29) is 40.6 Å². The molecule has 3 fully saturated rings. The van der Waals surface area contributed by atoms with Gasteiger partial charge in [-0.3, -0.25) is 4.79 Å². The predicted molar refractivity (Wildman–Crippen MR) is 87.2 cm³/mol. The molecule has 6 atom stereocenters. The van der Waals surface area contributed by atoms with E-state index in [9.17, 15) is 18.7 Å². The Balaban J connectivity index is 1.82. The number of halogens is 2. The first kappa shape index (κ1) is 16.2. The van der Waals surface area contributed by atoms with Crippen LogP contribution in [0.1, 0.15) is 46.0 Å². The van der Waals surface area contributed by atoms with Crippen LogP contribution in [0.5, 0.6) is 0 Å². The third-order valence-corrected chi connectivity index (χ3v) is 7.61. The zero-order chi connectivity index (χ0) is 17.3. The molecule has 0 unspecified atom stereocenters. The lowest BCUT2D eigenvalue weighted by atomic mass is 9.47. The Morgan fingerprint density at radius 3 is 2.67 bits per heavy atom. The summed E-state index contributed by atoms with van der Waals surface area (Å²) in [6, 6.07) is 0. The van der Waals surface area contributed by atoms with Crippen molar-refractivity contribution in [2.24, 2.45) is 28.6 Å². The van der Waals surface area contributed by atoms with Gasteiger partial charge in [-0.15, -0.1) is 0 Å². The number of carbonyl (C=O) groups excluding carboxylic acids is 1. The summed E-state index contributed by atoms with van der Waals surface area (Å²) in [7, 11) is 0. The Labute approximate surface area is 141 Å². The second kappa shape index (κ2) is 5.10. The van der Waals surface area contributed by atoms with Crippen LogP contribution in [0.15, 0.2) is 35.5 Å². The van der Waals surface area contributed by atoms with Crippen molar-refractivity contribution >= 4 is 5.78 Å². The molecule has 4 rings (SSSR count). The summed E-state index contributed by atoms with van der Waals surface area (Å²) >= 11 is 0. The molecule has 0 aromatic carbocycles. The van der Waals surface area contributed by atoms with Gasteiger partial charge in [-0.1, -0.05) is 19.9 Å². The fourth-order valence-corrected chi connectivity index (χ4v) is 6.24. The topological polar surface area (TPSA) is 37.3 Å². The molecule has 0 saturated heterocycles. The smallest absolute Gasteiger partial charge is 0.273 e. The van der Waals surface area contributed by atoms with Crippen LogP contribution >= 0.6 is 0 Å². The predicted octanol–water partition coefficient (Wildman–Crippen LogP) is 4.42.